The average molecular weight is 481 g/mol. The van der Waals surface area contributed by atoms with E-state index < -0.39 is 29.3 Å². The van der Waals surface area contributed by atoms with Gasteiger partial charge < -0.3 is 19.8 Å². The molecule has 4 heterocycles. The highest BCUT2D eigenvalue weighted by Crippen LogP contribution is 2.33. The Morgan fingerprint density at radius 1 is 1.14 bits per heavy atom. The zero-order valence-corrected chi connectivity index (χ0v) is 19.0. The lowest BCUT2D eigenvalue weighted by molar-refractivity contribution is -0.119. The van der Waals surface area contributed by atoms with Crippen molar-refractivity contribution in [1.82, 2.24) is 19.4 Å². The number of amides is 2. The fourth-order valence-corrected chi connectivity index (χ4v) is 4.61. The minimum atomic E-state index is -1.60. The summed E-state index contributed by atoms with van der Waals surface area (Å²) in [4.78, 5) is 34.6. The highest BCUT2D eigenvalue weighted by Gasteiger charge is 2.32. The van der Waals surface area contributed by atoms with Gasteiger partial charge in [0.05, 0.1) is 17.6 Å². The molecular weight excluding hydrogens is 459 g/mol. The Balaban J connectivity index is 1.30. The van der Waals surface area contributed by atoms with Crippen molar-refractivity contribution in [2.75, 3.05) is 18.4 Å². The van der Waals surface area contributed by atoms with Gasteiger partial charge in [-0.15, -0.1) is 0 Å². The maximum Gasteiger partial charge on any atom is 0.270 e. The molecule has 0 spiro atoms. The molecule has 3 aromatic heterocycles. The van der Waals surface area contributed by atoms with E-state index in [2.05, 4.69) is 15.3 Å². The molecule has 1 fully saturated rings. The van der Waals surface area contributed by atoms with Crippen LogP contribution in [0.25, 0.3) is 22.2 Å². The summed E-state index contributed by atoms with van der Waals surface area (Å²) in [6.07, 6.45) is 3.92. The molecule has 2 N–H and O–H groups in total. The average Bonchev–Trinajstić information content (AvgIpc) is 3.57. The van der Waals surface area contributed by atoms with Crippen LogP contribution >= 0.6 is 0 Å². The van der Waals surface area contributed by atoms with Crippen LogP contribution in [0.4, 0.5) is 18.9 Å². The SMILES string of the molecule is Cc1c(-c2ccc(C(=O)N3CC[C@H](C(=O)Nc4cc(F)c(F)c(F)c4)C3)[nH]2)c2ccncc2n1C. The lowest BCUT2D eigenvalue weighted by Crippen LogP contribution is -2.31. The van der Waals surface area contributed by atoms with Crippen molar-refractivity contribution in [3.63, 3.8) is 0 Å². The van der Waals surface area contributed by atoms with Crippen molar-refractivity contribution < 1.29 is 22.8 Å². The summed E-state index contributed by atoms with van der Waals surface area (Å²) in [6, 6.07) is 6.95. The third kappa shape index (κ3) is 3.94. The van der Waals surface area contributed by atoms with Gasteiger partial charge in [-0.3, -0.25) is 14.6 Å². The molecule has 1 aliphatic rings. The zero-order valence-electron chi connectivity index (χ0n) is 19.0. The summed E-state index contributed by atoms with van der Waals surface area (Å²) >= 11 is 0. The Morgan fingerprint density at radius 3 is 2.63 bits per heavy atom. The molecular formula is C25H22F3N5O2. The third-order valence-corrected chi connectivity index (χ3v) is 6.58. The molecule has 0 aliphatic carbocycles. The molecule has 10 heteroatoms. The topological polar surface area (TPSA) is 83.0 Å². The van der Waals surface area contributed by atoms with E-state index in [1.54, 1.807) is 23.4 Å². The number of carbonyl (C=O) groups excluding carboxylic acids is 2. The number of rotatable bonds is 4. The minimum Gasteiger partial charge on any atom is -0.350 e. The van der Waals surface area contributed by atoms with E-state index in [0.717, 1.165) is 40.0 Å². The van der Waals surface area contributed by atoms with Gasteiger partial charge in [-0.25, -0.2) is 13.2 Å². The van der Waals surface area contributed by atoms with Gasteiger partial charge in [-0.05, 0) is 31.5 Å². The number of anilines is 1. The minimum absolute atomic E-state index is 0.157. The summed E-state index contributed by atoms with van der Waals surface area (Å²) in [7, 11) is 1.96. The molecule has 180 valence electrons. The lowest BCUT2D eigenvalue weighted by atomic mass is 10.1. The smallest absolute Gasteiger partial charge is 0.270 e. The van der Waals surface area contributed by atoms with Crippen molar-refractivity contribution in [2.45, 2.75) is 13.3 Å². The van der Waals surface area contributed by atoms with Crippen molar-refractivity contribution >= 4 is 28.4 Å². The van der Waals surface area contributed by atoms with Gasteiger partial charge in [0.2, 0.25) is 5.91 Å². The van der Waals surface area contributed by atoms with E-state index in [4.69, 9.17) is 0 Å². The van der Waals surface area contributed by atoms with E-state index in [0.29, 0.717) is 18.7 Å². The standard InChI is InChI=1S/C25H22F3N5O2/c1-13-22(16-5-7-29-11-21(16)32(13)2)19-3-4-20(31-19)25(35)33-8-6-14(12-33)24(34)30-15-9-17(26)23(28)18(27)10-15/h3-5,7,9-11,14,31H,6,8,12H2,1-2H3,(H,30,34)/t14-/m0/s1. The van der Waals surface area contributed by atoms with E-state index in [-0.39, 0.29) is 18.1 Å². The number of H-pyrrole nitrogens is 1. The zero-order chi connectivity index (χ0) is 24.9. The van der Waals surface area contributed by atoms with Gasteiger partial charge in [0.1, 0.15) is 5.69 Å². The molecule has 0 saturated carbocycles. The van der Waals surface area contributed by atoms with Crippen LogP contribution in [0.1, 0.15) is 22.6 Å². The number of benzene rings is 1. The molecule has 7 nitrogen and oxygen atoms in total. The normalized spacial score (nSPS) is 15.7. The van der Waals surface area contributed by atoms with Crippen molar-refractivity contribution in [3.05, 3.63) is 71.6 Å². The highest BCUT2D eigenvalue weighted by molar-refractivity contribution is 5.99. The lowest BCUT2D eigenvalue weighted by Gasteiger charge is -2.16. The van der Waals surface area contributed by atoms with Crippen LogP contribution in [0.3, 0.4) is 0 Å². The van der Waals surface area contributed by atoms with E-state index in [1.807, 2.05) is 30.7 Å². The summed E-state index contributed by atoms with van der Waals surface area (Å²) < 4.78 is 42.1. The molecule has 35 heavy (non-hydrogen) atoms. The predicted octanol–water partition coefficient (Wildman–Crippen LogP) is 4.39. The second-order valence-electron chi connectivity index (χ2n) is 8.68. The molecule has 0 radical (unpaired) electrons. The Hall–Kier alpha value is -4.08. The van der Waals surface area contributed by atoms with Gasteiger partial charge >= 0.3 is 0 Å². The number of pyridine rings is 1. The largest absolute Gasteiger partial charge is 0.350 e. The molecule has 4 aromatic rings. The third-order valence-electron chi connectivity index (χ3n) is 6.58. The Bertz CT molecular complexity index is 1450. The molecule has 2 amide bonds. The highest BCUT2D eigenvalue weighted by atomic mass is 19.2. The fraction of sp³-hybridized carbons (Fsp3) is 0.240. The van der Waals surface area contributed by atoms with Gasteiger partial charge in [0, 0.05) is 66.5 Å². The molecule has 1 saturated heterocycles. The number of aromatic amines is 1. The predicted molar refractivity (Wildman–Crippen MR) is 124 cm³/mol. The molecule has 0 unspecified atom stereocenters. The first-order valence-corrected chi connectivity index (χ1v) is 11.1. The summed E-state index contributed by atoms with van der Waals surface area (Å²) in [5.74, 6) is -5.66. The molecule has 5 rings (SSSR count). The van der Waals surface area contributed by atoms with Gasteiger partial charge in [0.25, 0.3) is 5.91 Å². The van der Waals surface area contributed by atoms with Gasteiger partial charge in [-0.1, -0.05) is 0 Å². The van der Waals surface area contributed by atoms with Crippen molar-refractivity contribution in [2.24, 2.45) is 13.0 Å². The summed E-state index contributed by atoms with van der Waals surface area (Å²) in [5, 5.41) is 3.43. The van der Waals surface area contributed by atoms with E-state index in [1.165, 1.54) is 0 Å². The van der Waals surface area contributed by atoms with Crippen LogP contribution < -0.4 is 5.32 Å². The fourth-order valence-electron chi connectivity index (χ4n) is 4.61. The second kappa shape index (κ2) is 8.61. The number of aryl methyl sites for hydroxylation is 1. The number of carbonyl (C=O) groups is 2. The van der Waals surface area contributed by atoms with Gasteiger partial charge in [0.15, 0.2) is 17.5 Å². The number of hydrogen-bond acceptors (Lipinski definition) is 3. The first-order chi connectivity index (χ1) is 16.7. The number of hydrogen-bond donors (Lipinski definition) is 2. The molecule has 0 bridgehead atoms. The maximum absolute atomic E-state index is 13.4. The van der Waals surface area contributed by atoms with Crippen LogP contribution in [0.15, 0.2) is 42.7 Å². The van der Waals surface area contributed by atoms with Crippen LogP contribution in [0.5, 0.6) is 0 Å². The number of likely N-dealkylation sites (tertiary alicyclic amines) is 1. The monoisotopic (exact) mass is 481 g/mol. The number of fused-ring (bicyclic) bond motifs is 1. The molecule has 1 atom stereocenters. The van der Waals surface area contributed by atoms with Crippen LogP contribution in [-0.2, 0) is 11.8 Å². The molecule has 1 aliphatic heterocycles. The first-order valence-electron chi connectivity index (χ1n) is 11.1. The van der Waals surface area contributed by atoms with Gasteiger partial charge in [-0.2, -0.15) is 0 Å². The number of nitrogens with one attached hydrogen (secondary N) is 2. The van der Waals surface area contributed by atoms with Crippen LogP contribution in [-0.4, -0.2) is 44.3 Å². The maximum atomic E-state index is 13.4. The van der Waals surface area contributed by atoms with Crippen LogP contribution in [0.2, 0.25) is 0 Å². The number of nitrogens with zero attached hydrogens (tertiary/aromatic N) is 3. The second-order valence-corrected chi connectivity index (χ2v) is 8.68. The van der Waals surface area contributed by atoms with E-state index in [9.17, 15) is 22.8 Å². The Morgan fingerprint density at radius 2 is 1.89 bits per heavy atom. The summed E-state index contributed by atoms with van der Waals surface area (Å²) in [6.45, 7) is 2.51. The Kier molecular flexibility index (Phi) is 5.58. The Labute approximate surface area is 198 Å². The first kappa shape index (κ1) is 22.7. The number of aromatic nitrogens is 3. The van der Waals surface area contributed by atoms with Crippen LogP contribution in [0, 0.1) is 30.3 Å². The van der Waals surface area contributed by atoms with Crippen molar-refractivity contribution in [1.29, 1.82) is 0 Å². The number of halogens is 3. The quantitative estimate of drug-likeness (QED) is 0.424. The van der Waals surface area contributed by atoms with Crippen molar-refractivity contribution in [3.8, 4) is 11.3 Å². The van der Waals surface area contributed by atoms with E-state index >= 15 is 0 Å². The molecule has 1 aromatic carbocycles. The summed E-state index contributed by atoms with van der Waals surface area (Å²) in [5.41, 5.74) is 4.02.